The Labute approximate surface area is 235 Å². The van der Waals surface area contributed by atoms with Crippen LogP contribution in [0.25, 0.3) is 0 Å². The zero-order valence-corrected chi connectivity index (χ0v) is 24.1. The molecule has 3 N–H and O–H groups in total. The van der Waals surface area contributed by atoms with Crippen LogP contribution in [0.15, 0.2) is 48.5 Å². The summed E-state index contributed by atoms with van der Waals surface area (Å²) in [6.45, 7) is 9.83. The third-order valence-electron chi connectivity index (χ3n) is 9.27. The number of amides is 3. The molecule has 2 aromatic rings. The van der Waals surface area contributed by atoms with E-state index in [9.17, 15) is 19.5 Å². The van der Waals surface area contributed by atoms with Crippen molar-refractivity contribution < 1.29 is 19.5 Å². The Kier molecular flexibility index (Phi) is 7.55. The molecule has 208 valence electrons. The Balaban J connectivity index is 1.57. The number of fused-ring (bicyclic) bond motifs is 1. The normalized spacial score (nSPS) is 30.7. The zero-order chi connectivity index (χ0) is 28.1. The standard InChI is InChI=1S/C31H39N3O4S/c1-6-18(3)23(16-35)34-27(29(37)33-22-14-17(2)12-13-19(22)4)31-20(5)15-24(39-31)25(26(31)30(34)38)28(36)32-21-10-8-7-9-11-21/h7-14,18,20,23-27,35H,6,15-16H2,1-5H3,(H,32,36)(H,33,37)/t18-,20?,23-,24-,25+,26-,27?,31?/m0/s1. The molecule has 8 atom stereocenters. The quantitative estimate of drug-likeness (QED) is 0.446. The number of hydrogen-bond donors (Lipinski definition) is 3. The Morgan fingerprint density at radius 1 is 1.13 bits per heavy atom. The van der Waals surface area contributed by atoms with Gasteiger partial charge in [0.25, 0.3) is 0 Å². The van der Waals surface area contributed by atoms with Crippen molar-refractivity contribution in [2.24, 2.45) is 23.7 Å². The van der Waals surface area contributed by atoms with E-state index in [2.05, 4.69) is 17.6 Å². The number of para-hydroxylation sites is 1. The molecule has 1 spiro atoms. The fourth-order valence-electron chi connectivity index (χ4n) is 7.05. The molecule has 7 nitrogen and oxygen atoms in total. The molecule has 3 saturated heterocycles. The van der Waals surface area contributed by atoms with Crippen LogP contribution in [0.1, 0.15) is 44.7 Å². The number of likely N-dealkylation sites (tertiary alicyclic amines) is 1. The summed E-state index contributed by atoms with van der Waals surface area (Å²) in [5.74, 6) is -1.75. The van der Waals surface area contributed by atoms with Gasteiger partial charge < -0.3 is 20.6 Å². The Morgan fingerprint density at radius 3 is 2.51 bits per heavy atom. The van der Waals surface area contributed by atoms with Crippen LogP contribution in [-0.2, 0) is 14.4 Å². The molecule has 0 aromatic heterocycles. The van der Waals surface area contributed by atoms with Crippen LogP contribution >= 0.6 is 11.8 Å². The predicted octanol–water partition coefficient (Wildman–Crippen LogP) is 4.62. The summed E-state index contributed by atoms with van der Waals surface area (Å²) in [7, 11) is 0. The number of thioether (sulfide) groups is 1. The van der Waals surface area contributed by atoms with Crippen molar-refractivity contribution in [3.63, 3.8) is 0 Å². The first-order valence-corrected chi connectivity index (χ1v) is 14.9. The lowest BCUT2D eigenvalue weighted by Crippen LogP contribution is -2.58. The smallest absolute Gasteiger partial charge is 0.248 e. The Morgan fingerprint density at radius 2 is 1.85 bits per heavy atom. The van der Waals surface area contributed by atoms with E-state index in [4.69, 9.17) is 0 Å². The van der Waals surface area contributed by atoms with Crippen molar-refractivity contribution in [1.82, 2.24) is 4.90 Å². The minimum absolute atomic E-state index is 0.0146. The van der Waals surface area contributed by atoms with E-state index >= 15 is 0 Å². The summed E-state index contributed by atoms with van der Waals surface area (Å²) in [6.07, 6.45) is 1.51. The number of carbonyl (C=O) groups is 3. The third kappa shape index (κ3) is 4.45. The van der Waals surface area contributed by atoms with Crippen LogP contribution in [0.5, 0.6) is 0 Å². The molecule has 5 rings (SSSR count). The van der Waals surface area contributed by atoms with Gasteiger partial charge in [0.05, 0.1) is 29.2 Å². The highest BCUT2D eigenvalue weighted by Gasteiger charge is 2.76. The molecule has 0 radical (unpaired) electrons. The van der Waals surface area contributed by atoms with Crippen molar-refractivity contribution in [3.8, 4) is 0 Å². The maximum Gasteiger partial charge on any atom is 0.248 e. The largest absolute Gasteiger partial charge is 0.394 e. The average molecular weight is 550 g/mol. The van der Waals surface area contributed by atoms with Crippen LogP contribution in [0, 0.1) is 37.5 Å². The molecule has 2 bridgehead atoms. The highest BCUT2D eigenvalue weighted by molar-refractivity contribution is 8.02. The number of aliphatic hydroxyl groups excluding tert-OH is 1. The summed E-state index contributed by atoms with van der Waals surface area (Å²) >= 11 is 1.65. The molecule has 0 aliphatic carbocycles. The number of aliphatic hydroxyl groups is 1. The van der Waals surface area contributed by atoms with Crippen LogP contribution in [0.3, 0.4) is 0 Å². The predicted molar refractivity (Wildman–Crippen MR) is 155 cm³/mol. The molecule has 3 fully saturated rings. The van der Waals surface area contributed by atoms with E-state index in [1.54, 1.807) is 16.7 Å². The average Bonchev–Trinajstić information content (AvgIpc) is 3.51. The second-order valence-electron chi connectivity index (χ2n) is 11.6. The van der Waals surface area contributed by atoms with Crippen LogP contribution in [0.2, 0.25) is 0 Å². The second-order valence-corrected chi connectivity index (χ2v) is 13.1. The molecule has 3 aliphatic heterocycles. The SMILES string of the molecule is CC[C@H](C)[C@H](CO)N1C(=O)[C@@H]2[C@H](C(=O)Nc3ccccc3)[C@@H]3CC(C)C2(S3)C1C(=O)Nc1cc(C)ccc1C. The molecular weight excluding hydrogens is 510 g/mol. The fourth-order valence-corrected chi connectivity index (χ4v) is 9.46. The maximum atomic E-state index is 14.4. The summed E-state index contributed by atoms with van der Waals surface area (Å²) < 4.78 is -0.747. The molecule has 3 amide bonds. The van der Waals surface area contributed by atoms with E-state index in [1.165, 1.54) is 0 Å². The molecule has 39 heavy (non-hydrogen) atoms. The molecule has 3 unspecified atom stereocenters. The van der Waals surface area contributed by atoms with Gasteiger partial charge in [0.1, 0.15) is 6.04 Å². The van der Waals surface area contributed by atoms with Gasteiger partial charge in [-0.15, -0.1) is 11.8 Å². The lowest BCUT2D eigenvalue weighted by molar-refractivity contribution is -0.142. The van der Waals surface area contributed by atoms with Crippen molar-refractivity contribution in [2.45, 2.75) is 69.5 Å². The number of nitrogens with zero attached hydrogens (tertiary/aromatic N) is 1. The van der Waals surface area contributed by atoms with Crippen LogP contribution in [-0.4, -0.2) is 56.4 Å². The summed E-state index contributed by atoms with van der Waals surface area (Å²) in [5, 5.41) is 16.7. The Hall–Kier alpha value is -2.84. The number of rotatable bonds is 8. The minimum Gasteiger partial charge on any atom is -0.394 e. The first-order chi connectivity index (χ1) is 18.6. The lowest BCUT2D eigenvalue weighted by atomic mass is 9.65. The van der Waals surface area contributed by atoms with Crippen molar-refractivity contribution in [2.75, 3.05) is 17.2 Å². The monoisotopic (exact) mass is 549 g/mol. The Bertz CT molecular complexity index is 1270. The van der Waals surface area contributed by atoms with E-state index < -0.39 is 28.7 Å². The lowest BCUT2D eigenvalue weighted by Gasteiger charge is -2.41. The van der Waals surface area contributed by atoms with Gasteiger partial charge in [-0.2, -0.15) is 0 Å². The number of anilines is 2. The number of hydrogen-bond acceptors (Lipinski definition) is 5. The van der Waals surface area contributed by atoms with Gasteiger partial charge >= 0.3 is 0 Å². The van der Waals surface area contributed by atoms with Gasteiger partial charge in [-0.05, 0) is 61.4 Å². The highest BCUT2D eigenvalue weighted by Crippen LogP contribution is 2.69. The van der Waals surface area contributed by atoms with Gasteiger partial charge in [-0.25, -0.2) is 0 Å². The summed E-state index contributed by atoms with van der Waals surface area (Å²) in [4.78, 5) is 44.1. The maximum absolute atomic E-state index is 14.4. The van der Waals surface area contributed by atoms with Gasteiger partial charge in [0, 0.05) is 16.6 Å². The molecule has 3 aliphatic rings. The number of nitrogens with one attached hydrogen (secondary N) is 2. The van der Waals surface area contributed by atoms with Gasteiger partial charge in [-0.3, -0.25) is 14.4 Å². The summed E-state index contributed by atoms with van der Waals surface area (Å²) in [6, 6.07) is 13.9. The third-order valence-corrected chi connectivity index (χ3v) is 11.3. The van der Waals surface area contributed by atoms with Crippen LogP contribution < -0.4 is 10.6 Å². The highest BCUT2D eigenvalue weighted by atomic mass is 32.2. The van der Waals surface area contributed by atoms with E-state index in [0.29, 0.717) is 5.69 Å². The van der Waals surface area contributed by atoms with Gasteiger partial charge in [-0.1, -0.05) is 57.5 Å². The van der Waals surface area contributed by atoms with Gasteiger partial charge in [0.15, 0.2) is 0 Å². The van der Waals surface area contributed by atoms with Crippen molar-refractivity contribution in [1.29, 1.82) is 0 Å². The second kappa shape index (κ2) is 10.6. The molecule has 8 heteroatoms. The van der Waals surface area contributed by atoms with Crippen molar-refractivity contribution in [3.05, 3.63) is 59.7 Å². The molecule has 2 aromatic carbocycles. The van der Waals surface area contributed by atoms with Crippen molar-refractivity contribution >= 4 is 40.9 Å². The molecule has 0 saturated carbocycles. The molecule has 3 heterocycles. The van der Waals surface area contributed by atoms with Crippen LogP contribution in [0.4, 0.5) is 11.4 Å². The first-order valence-electron chi connectivity index (χ1n) is 14.0. The fraction of sp³-hybridized carbons (Fsp3) is 0.516. The number of carbonyl (C=O) groups excluding carboxylic acids is 3. The topological polar surface area (TPSA) is 98.7 Å². The zero-order valence-electron chi connectivity index (χ0n) is 23.3. The summed E-state index contributed by atoms with van der Waals surface area (Å²) in [5.41, 5.74) is 3.38. The molecular formula is C31H39N3O4S. The van der Waals surface area contributed by atoms with E-state index in [0.717, 1.165) is 29.7 Å². The van der Waals surface area contributed by atoms with Gasteiger partial charge in [0.2, 0.25) is 17.7 Å². The first kappa shape index (κ1) is 27.7. The van der Waals surface area contributed by atoms with E-state index in [-0.39, 0.29) is 41.4 Å². The number of benzene rings is 2. The van der Waals surface area contributed by atoms with E-state index in [1.807, 2.05) is 76.2 Å². The minimum atomic E-state index is -0.791. The number of aryl methyl sites for hydroxylation is 2.